The van der Waals surface area contributed by atoms with Crippen molar-refractivity contribution in [3.05, 3.63) is 47.7 Å². The molecule has 4 heterocycles. The Morgan fingerprint density at radius 1 is 1.29 bits per heavy atom. The van der Waals surface area contributed by atoms with E-state index in [0.717, 1.165) is 32.4 Å². The molecule has 3 aliphatic heterocycles. The second-order valence-corrected chi connectivity index (χ2v) is 8.84. The molecule has 1 aromatic carbocycles. The molecule has 1 spiro atoms. The molecular weight excluding hydrogens is 350 g/mol. The third-order valence-corrected chi connectivity index (χ3v) is 7.44. The summed E-state index contributed by atoms with van der Waals surface area (Å²) in [6, 6.07) is 9.64. The Morgan fingerprint density at radius 3 is 3.18 bits per heavy atom. The average Bonchev–Trinajstić information content (AvgIpc) is 3.36. The number of carbonyl (C=O) groups excluding carboxylic acids is 1. The third-order valence-electron chi connectivity index (χ3n) is 7.44. The average molecular weight is 377 g/mol. The molecule has 4 atom stereocenters. The zero-order valence-electron chi connectivity index (χ0n) is 16.1. The molecule has 3 fully saturated rings. The number of aromatic nitrogens is 1. The first-order valence-electron chi connectivity index (χ1n) is 10.7. The van der Waals surface area contributed by atoms with Crippen molar-refractivity contribution in [2.75, 3.05) is 13.1 Å². The van der Waals surface area contributed by atoms with Gasteiger partial charge in [-0.1, -0.05) is 30.7 Å². The molecule has 2 bridgehead atoms. The maximum atomic E-state index is 12.2. The van der Waals surface area contributed by atoms with Gasteiger partial charge in [0.15, 0.2) is 5.60 Å². The van der Waals surface area contributed by atoms with E-state index in [9.17, 15) is 4.79 Å². The van der Waals surface area contributed by atoms with Crippen molar-refractivity contribution in [2.45, 2.75) is 62.3 Å². The molecule has 4 aliphatic rings. The van der Waals surface area contributed by atoms with Crippen molar-refractivity contribution in [3.63, 3.8) is 0 Å². The van der Waals surface area contributed by atoms with Crippen LogP contribution in [-0.2, 0) is 16.0 Å². The Hall–Kier alpha value is -2.11. The molecule has 0 saturated carbocycles. The minimum absolute atomic E-state index is 0.0307. The zero-order valence-corrected chi connectivity index (χ0v) is 16.1. The number of nitrogens with one attached hydrogen (secondary N) is 2. The Balaban J connectivity index is 1.22. The van der Waals surface area contributed by atoms with Crippen molar-refractivity contribution in [2.24, 2.45) is 0 Å². The Morgan fingerprint density at radius 2 is 2.21 bits per heavy atom. The number of aromatic amines is 1. The smallest absolute Gasteiger partial charge is 0.311 e. The van der Waals surface area contributed by atoms with Gasteiger partial charge in [0, 0.05) is 35.6 Å². The highest BCUT2D eigenvalue weighted by Gasteiger charge is 2.63. The SMILES string of the molecule is O=C1CC2=C[C@H](NCCc3c[nH]c4ccccc34)[C@H]3C[C@@]2(O1)[C@H]1CCCCN31. The number of hydrogen-bond donors (Lipinski definition) is 2. The fourth-order valence-corrected chi connectivity index (χ4v) is 6.25. The van der Waals surface area contributed by atoms with Crippen LogP contribution in [0.3, 0.4) is 0 Å². The largest absolute Gasteiger partial charge is 0.453 e. The lowest BCUT2D eigenvalue weighted by molar-refractivity contribution is -0.149. The number of hydrogen-bond acceptors (Lipinski definition) is 4. The predicted molar refractivity (Wildman–Crippen MR) is 108 cm³/mol. The van der Waals surface area contributed by atoms with Gasteiger partial charge in [0.05, 0.1) is 12.5 Å². The van der Waals surface area contributed by atoms with Crippen LogP contribution < -0.4 is 5.32 Å². The predicted octanol–water partition coefficient (Wildman–Crippen LogP) is 2.92. The minimum atomic E-state index is -0.308. The standard InChI is InChI=1S/C23H27N3O2/c27-22-12-16-11-19(20-13-23(16,28-22)21-7-3-4-10-26(20)21)24-9-8-15-14-25-18-6-2-1-5-17(15)18/h1-2,5-6,11,14,19-21,24-25H,3-4,7-10,12-13H2/t19-,20+,21+,23-/m0/s1. The van der Waals surface area contributed by atoms with E-state index in [0.29, 0.717) is 24.5 Å². The van der Waals surface area contributed by atoms with Crippen LogP contribution in [0.5, 0.6) is 0 Å². The maximum absolute atomic E-state index is 12.2. The molecule has 6 rings (SSSR count). The van der Waals surface area contributed by atoms with E-state index >= 15 is 0 Å². The summed E-state index contributed by atoms with van der Waals surface area (Å²) in [5.41, 5.74) is 3.50. The number of benzene rings is 1. The van der Waals surface area contributed by atoms with Gasteiger partial charge in [-0.15, -0.1) is 0 Å². The van der Waals surface area contributed by atoms with E-state index < -0.39 is 0 Å². The summed E-state index contributed by atoms with van der Waals surface area (Å²) in [6.45, 7) is 2.07. The molecule has 1 aliphatic carbocycles. The van der Waals surface area contributed by atoms with Crippen molar-refractivity contribution in [1.82, 2.24) is 15.2 Å². The minimum Gasteiger partial charge on any atom is -0.453 e. The number of rotatable bonds is 4. The first-order chi connectivity index (χ1) is 13.7. The summed E-state index contributed by atoms with van der Waals surface area (Å²) in [5.74, 6) is -0.0307. The topological polar surface area (TPSA) is 57.4 Å². The van der Waals surface area contributed by atoms with Crippen molar-refractivity contribution < 1.29 is 9.53 Å². The van der Waals surface area contributed by atoms with Gasteiger partial charge < -0.3 is 15.0 Å². The maximum Gasteiger partial charge on any atom is 0.311 e. The molecule has 0 unspecified atom stereocenters. The number of piperidine rings is 1. The molecule has 28 heavy (non-hydrogen) atoms. The summed E-state index contributed by atoms with van der Waals surface area (Å²) in [6.07, 6.45) is 10.6. The summed E-state index contributed by atoms with van der Waals surface area (Å²) in [4.78, 5) is 18.2. The Bertz CT molecular complexity index is 964. The lowest BCUT2D eigenvalue weighted by atomic mass is 9.78. The number of carbonyl (C=O) groups is 1. The van der Waals surface area contributed by atoms with Gasteiger partial charge in [0.25, 0.3) is 0 Å². The number of esters is 1. The van der Waals surface area contributed by atoms with Crippen LogP contribution in [0.15, 0.2) is 42.1 Å². The molecular formula is C23H27N3O2. The summed E-state index contributed by atoms with van der Waals surface area (Å²) < 4.78 is 5.99. The number of para-hydroxylation sites is 1. The van der Waals surface area contributed by atoms with Crippen LogP contribution in [0.4, 0.5) is 0 Å². The van der Waals surface area contributed by atoms with Crippen LogP contribution in [0.1, 0.15) is 37.7 Å². The molecule has 5 heteroatoms. The van der Waals surface area contributed by atoms with E-state index in [1.807, 2.05) is 0 Å². The van der Waals surface area contributed by atoms with Gasteiger partial charge in [-0.2, -0.15) is 0 Å². The highest BCUT2D eigenvalue weighted by atomic mass is 16.6. The second kappa shape index (κ2) is 6.19. The molecule has 146 valence electrons. The number of H-pyrrole nitrogens is 1. The lowest BCUT2D eigenvalue weighted by Gasteiger charge is -2.37. The molecule has 0 radical (unpaired) electrons. The zero-order chi connectivity index (χ0) is 18.7. The van der Waals surface area contributed by atoms with Gasteiger partial charge in [-0.3, -0.25) is 9.69 Å². The molecule has 1 aromatic heterocycles. The molecule has 3 saturated heterocycles. The molecule has 5 nitrogen and oxygen atoms in total. The van der Waals surface area contributed by atoms with E-state index in [4.69, 9.17) is 4.74 Å². The van der Waals surface area contributed by atoms with Gasteiger partial charge in [-0.05, 0) is 49.6 Å². The van der Waals surface area contributed by atoms with E-state index in [1.165, 1.54) is 34.9 Å². The van der Waals surface area contributed by atoms with Crippen LogP contribution >= 0.6 is 0 Å². The van der Waals surface area contributed by atoms with E-state index in [1.54, 1.807) is 0 Å². The van der Waals surface area contributed by atoms with E-state index in [2.05, 4.69) is 51.7 Å². The first-order valence-corrected chi connectivity index (χ1v) is 10.7. The number of fused-ring (bicyclic) bond motifs is 4. The van der Waals surface area contributed by atoms with Gasteiger partial charge >= 0.3 is 5.97 Å². The summed E-state index contributed by atoms with van der Waals surface area (Å²) >= 11 is 0. The van der Waals surface area contributed by atoms with Gasteiger partial charge in [0.1, 0.15) is 0 Å². The molecule has 2 aromatic rings. The van der Waals surface area contributed by atoms with Crippen LogP contribution in [0.25, 0.3) is 10.9 Å². The van der Waals surface area contributed by atoms with Crippen LogP contribution in [0, 0.1) is 0 Å². The first kappa shape index (κ1) is 16.8. The lowest BCUT2D eigenvalue weighted by Crippen LogP contribution is -2.50. The second-order valence-electron chi connectivity index (χ2n) is 8.84. The van der Waals surface area contributed by atoms with Crippen LogP contribution in [0.2, 0.25) is 0 Å². The van der Waals surface area contributed by atoms with E-state index in [-0.39, 0.29) is 11.6 Å². The third kappa shape index (κ3) is 2.36. The number of nitrogens with zero attached hydrogens (tertiary/aromatic N) is 1. The fourth-order valence-electron chi connectivity index (χ4n) is 6.25. The fraction of sp³-hybridized carbons (Fsp3) is 0.522. The van der Waals surface area contributed by atoms with Gasteiger partial charge in [-0.25, -0.2) is 0 Å². The highest BCUT2D eigenvalue weighted by molar-refractivity contribution is 5.83. The van der Waals surface area contributed by atoms with Crippen molar-refractivity contribution in [3.8, 4) is 0 Å². The monoisotopic (exact) mass is 377 g/mol. The highest BCUT2D eigenvalue weighted by Crippen LogP contribution is 2.53. The Labute approximate surface area is 165 Å². The Kier molecular flexibility index (Phi) is 3.72. The summed E-state index contributed by atoms with van der Waals surface area (Å²) in [7, 11) is 0. The normalized spacial score (nSPS) is 34.2. The van der Waals surface area contributed by atoms with Crippen molar-refractivity contribution in [1.29, 1.82) is 0 Å². The summed E-state index contributed by atoms with van der Waals surface area (Å²) in [5, 5.41) is 5.13. The van der Waals surface area contributed by atoms with Crippen molar-refractivity contribution >= 4 is 16.9 Å². The molecule has 2 N–H and O–H groups in total. The van der Waals surface area contributed by atoms with Gasteiger partial charge in [0.2, 0.25) is 0 Å². The quantitative estimate of drug-likeness (QED) is 0.635. The molecule has 0 amide bonds. The number of ether oxygens (including phenoxy) is 1. The van der Waals surface area contributed by atoms with Crippen LogP contribution in [-0.4, -0.2) is 52.7 Å².